The van der Waals surface area contributed by atoms with Gasteiger partial charge in [0.1, 0.15) is 0 Å². The van der Waals surface area contributed by atoms with Crippen molar-refractivity contribution in [1.29, 1.82) is 0 Å². The van der Waals surface area contributed by atoms with Gasteiger partial charge in [0, 0.05) is 18.3 Å². The second kappa shape index (κ2) is 4.78. The first-order chi connectivity index (χ1) is 8.11. The minimum Gasteiger partial charge on any atom is -0.481 e. The minimum absolute atomic E-state index is 0.0716. The van der Waals surface area contributed by atoms with Crippen LogP contribution in [0.5, 0.6) is 0 Å². The first kappa shape index (κ1) is 12.0. The van der Waals surface area contributed by atoms with Crippen LogP contribution in [0.1, 0.15) is 25.3 Å². The highest BCUT2D eigenvalue weighted by molar-refractivity contribution is 5.72. The Labute approximate surface area is 102 Å². The van der Waals surface area contributed by atoms with Crippen LogP contribution in [0, 0.1) is 12.8 Å². The molecule has 1 aromatic rings. The van der Waals surface area contributed by atoms with Crippen LogP contribution in [0.3, 0.4) is 0 Å². The third-order valence-electron chi connectivity index (χ3n) is 3.73. The number of piperidine rings is 1. The molecular weight excluding hydrogens is 214 g/mol. The molecule has 92 valence electrons. The number of carboxylic acid groups (broad SMARTS) is 1. The molecule has 1 aliphatic rings. The average molecular weight is 233 g/mol. The Balaban J connectivity index is 2.27. The van der Waals surface area contributed by atoms with Crippen molar-refractivity contribution >= 4 is 11.7 Å². The zero-order chi connectivity index (χ0) is 12.4. The van der Waals surface area contributed by atoms with E-state index < -0.39 is 5.97 Å². The number of anilines is 1. The number of para-hydroxylation sites is 1. The molecule has 1 aromatic carbocycles. The largest absolute Gasteiger partial charge is 0.481 e. The van der Waals surface area contributed by atoms with Crippen molar-refractivity contribution in [3.8, 4) is 0 Å². The van der Waals surface area contributed by atoms with E-state index in [2.05, 4.69) is 24.0 Å². The SMILES string of the molecule is Cc1ccccc1N1CCC[C@H](C(=O)O)[C@H]1C. The number of carbonyl (C=O) groups is 1. The monoisotopic (exact) mass is 233 g/mol. The Kier molecular flexibility index (Phi) is 3.36. The van der Waals surface area contributed by atoms with Crippen molar-refractivity contribution in [3.05, 3.63) is 29.8 Å². The standard InChI is InChI=1S/C14H19NO2/c1-10-6-3-4-8-13(10)15-9-5-7-12(11(15)2)14(16)17/h3-4,6,8,11-12H,5,7,9H2,1-2H3,(H,16,17)/t11-,12+/m1/s1. The predicted octanol–water partition coefficient (Wildman–Crippen LogP) is 2.68. The molecule has 17 heavy (non-hydrogen) atoms. The van der Waals surface area contributed by atoms with Gasteiger partial charge in [0.15, 0.2) is 0 Å². The number of carboxylic acids is 1. The van der Waals surface area contributed by atoms with E-state index in [1.54, 1.807) is 0 Å². The van der Waals surface area contributed by atoms with Crippen LogP contribution < -0.4 is 4.90 Å². The maximum absolute atomic E-state index is 11.2. The number of nitrogens with zero attached hydrogens (tertiary/aromatic N) is 1. The highest BCUT2D eigenvalue weighted by Crippen LogP contribution is 2.30. The van der Waals surface area contributed by atoms with Crippen LogP contribution in [0.2, 0.25) is 0 Å². The van der Waals surface area contributed by atoms with E-state index in [9.17, 15) is 9.90 Å². The first-order valence-electron chi connectivity index (χ1n) is 6.16. The van der Waals surface area contributed by atoms with Crippen molar-refractivity contribution in [3.63, 3.8) is 0 Å². The summed E-state index contributed by atoms with van der Waals surface area (Å²) in [6, 6.07) is 8.26. The predicted molar refractivity (Wildman–Crippen MR) is 68.3 cm³/mol. The molecule has 0 radical (unpaired) electrons. The molecule has 0 saturated carbocycles. The van der Waals surface area contributed by atoms with E-state index in [0.29, 0.717) is 0 Å². The molecule has 1 N–H and O–H groups in total. The third kappa shape index (κ3) is 2.28. The molecule has 2 rings (SSSR count). The van der Waals surface area contributed by atoms with E-state index in [4.69, 9.17) is 0 Å². The number of benzene rings is 1. The van der Waals surface area contributed by atoms with Crippen molar-refractivity contribution in [2.75, 3.05) is 11.4 Å². The lowest BCUT2D eigenvalue weighted by atomic mass is 9.89. The van der Waals surface area contributed by atoms with Crippen molar-refractivity contribution in [2.24, 2.45) is 5.92 Å². The van der Waals surface area contributed by atoms with Gasteiger partial charge in [-0.15, -0.1) is 0 Å². The highest BCUT2D eigenvalue weighted by atomic mass is 16.4. The molecule has 0 aromatic heterocycles. The fourth-order valence-electron chi connectivity index (χ4n) is 2.70. The summed E-state index contributed by atoms with van der Waals surface area (Å²) < 4.78 is 0. The summed E-state index contributed by atoms with van der Waals surface area (Å²) in [5.41, 5.74) is 2.39. The average Bonchev–Trinajstić information content (AvgIpc) is 2.30. The van der Waals surface area contributed by atoms with Gasteiger partial charge in [0.05, 0.1) is 5.92 Å². The number of hydrogen-bond donors (Lipinski definition) is 1. The number of aliphatic carboxylic acids is 1. The molecule has 0 aliphatic carbocycles. The lowest BCUT2D eigenvalue weighted by molar-refractivity contribution is -0.143. The number of aryl methyl sites for hydroxylation is 1. The smallest absolute Gasteiger partial charge is 0.308 e. The van der Waals surface area contributed by atoms with Crippen molar-refractivity contribution in [1.82, 2.24) is 0 Å². The molecule has 1 aliphatic heterocycles. The normalized spacial score (nSPS) is 24.7. The number of rotatable bonds is 2. The Morgan fingerprint density at radius 3 is 2.76 bits per heavy atom. The van der Waals surface area contributed by atoms with Crippen LogP contribution in [0.25, 0.3) is 0 Å². The fraction of sp³-hybridized carbons (Fsp3) is 0.500. The van der Waals surface area contributed by atoms with Gasteiger partial charge in [-0.1, -0.05) is 18.2 Å². The second-order valence-corrected chi connectivity index (χ2v) is 4.81. The van der Waals surface area contributed by atoms with E-state index in [-0.39, 0.29) is 12.0 Å². The van der Waals surface area contributed by atoms with Crippen LogP contribution in [0.4, 0.5) is 5.69 Å². The Morgan fingerprint density at radius 1 is 1.41 bits per heavy atom. The Bertz CT molecular complexity index is 416. The molecule has 0 amide bonds. The molecule has 0 unspecified atom stereocenters. The lowest BCUT2D eigenvalue weighted by Crippen LogP contribution is -2.46. The van der Waals surface area contributed by atoms with Gasteiger partial charge >= 0.3 is 5.97 Å². The Morgan fingerprint density at radius 2 is 2.12 bits per heavy atom. The Hall–Kier alpha value is -1.51. The zero-order valence-electron chi connectivity index (χ0n) is 10.4. The van der Waals surface area contributed by atoms with Crippen LogP contribution in [-0.2, 0) is 4.79 Å². The van der Waals surface area contributed by atoms with Gasteiger partial charge in [-0.2, -0.15) is 0 Å². The third-order valence-corrected chi connectivity index (χ3v) is 3.73. The van der Waals surface area contributed by atoms with Crippen molar-refractivity contribution in [2.45, 2.75) is 32.7 Å². The minimum atomic E-state index is -0.671. The summed E-state index contributed by atoms with van der Waals surface area (Å²) in [5, 5.41) is 9.22. The first-order valence-corrected chi connectivity index (χ1v) is 6.16. The van der Waals surface area contributed by atoms with Crippen LogP contribution in [-0.4, -0.2) is 23.7 Å². The van der Waals surface area contributed by atoms with Gasteiger partial charge in [-0.3, -0.25) is 4.79 Å². The van der Waals surface area contributed by atoms with Crippen LogP contribution >= 0.6 is 0 Å². The second-order valence-electron chi connectivity index (χ2n) is 4.81. The van der Waals surface area contributed by atoms with Gasteiger partial charge in [-0.25, -0.2) is 0 Å². The van der Waals surface area contributed by atoms with E-state index in [1.165, 1.54) is 11.3 Å². The maximum Gasteiger partial charge on any atom is 0.308 e. The molecule has 0 spiro atoms. The molecule has 3 nitrogen and oxygen atoms in total. The molecule has 2 atom stereocenters. The van der Waals surface area contributed by atoms with E-state index >= 15 is 0 Å². The molecule has 1 heterocycles. The summed E-state index contributed by atoms with van der Waals surface area (Å²) in [6.07, 6.45) is 1.74. The summed E-state index contributed by atoms with van der Waals surface area (Å²) in [6.45, 7) is 5.05. The van der Waals surface area contributed by atoms with E-state index in [0.717, 1.165) is 19.4 Å². The summed E-state index contributed by atoms with van der Waals surface area (Å²) in [5.74, 6) is -0.917. The molecule has 1 fully saturated rings. The van der Waals surface area contributed by atoms with Gasteiger partial charge < -0.3 is 10.0 Å². The summed E-state index contributed by atoms with van der Waals surface area (Å²) >= 11 is 0. The zero-order valence-corrected chi connectivity index (χ0v) is 10.4. The van der Waals surface area contributed by atoms with Gasteiger partial charge in [0.2, 0.25) is 0 Å². The summed E-state index contributed by atoms with van der Waals surface area (Å²) in [7, 11) is 0. The number of hydrogen-bond acceptors (Lipinski definition) is 2. The van der Waals surface area contributed by atoms with Gasteiger partial charge in [-0.05, 0) is 38.3 Å². The molecular formula is C14H19NO2. The summed E-state index contributed by atoms with van der Waals surface area (Å²) in [4.78, 5) is 13.4. The van der Waals surface area contributed by atoms with Crippen molar-refractivity contribution < 1.29 is 9.90 Å². The lowest BCUT2D eigenvalue weighted by Gasteiger charge is -2.39. The fourth-order valence-corrected chi connectivity index (χ4v) is 2.70. The quantitative estimate of drug-likeness (QED) is 0.853. The van der Waals surface area contributed by atoms with E-state index in [1.807, 2.05) is 19.1 Å². The topological polar surface area (TPSA) is 40.5 Å². The molecule has 1 saturated heterocycles. The highest BCUT2D eigenvalue weighted by Gasteiger charge is 2.33. The molecule has 0 bridgehead atoms. The van der Waals surface area contributed by atoms with Gasteiger partial charge in [0.25, 0.3) is 0 Å². The van der Waals surface area contributed by atoms with Crippen LogP contribution in [0.15, 0.2) is 24.3 Å². The molecule has 3 heteroatoms. The maximum atomic E-state index is 11.2.